The van der Waals surface area contributed by atoms with Crippen molar-refractivity contribution in [3.8, 4) is 45.3 Å². The second-order valence-corrected chi connectivity index (χ2v) is 19.6. The van der Waals surface area contributed by atoms with Crippen LogP contribution in [0.5, 0.6) is 23.0 Å². The van der Waals surface area contributed by atoms with Crippen LogP contribution in [0.4, 0.5) is 77.4 Å². The van der Waals surface area contributed by atoms with Crippen LogP contribution in [0, 0.1) is 0 Å². The van der Waals surface area contributed by atoms with Gasteiger partial charge in [-0.25, -0.2) is 29.0 Å². The van der Waals surface area contributed by atoms with Crippen LogP contribution in [0.1, 0.15) is 11.4 Å². The lowest BCUT2D eigenvalue weighted by atomic mass is 9.95. The van der Waals surface area contributed by atoms with Gasteiger partial charge in [-0.1, -0.05) is 54.6 Å². The lowest BCUT2D eigenvalue weighted by Crippen LogP contribution is -2.46. The average Bonchev–Trinajstić information content (AvgIpc) is 1.53. The van der Waals surface area contributed by atoms with E-state index in [4.69, 9.17) is 4.84 Å². The van der Waals surface area contributed by atoms with E-state index in [2.05, 4.69) is 43.7 Å². The van der Waals surface area contributed by atoms with Crippen molar-refractivity contribution in [2.75, 3.05) is 62.2 Å². The monoisotopic (exact) mass is 1260 g/mol. The van der Waals surface area contributed by atoms with E-state index < -0.39 is 123 Å². The summed E-state index contributed by atoms with van der Waals surface area (Å²) in [6.45, 7) is 0.823. The number of ether oxygens (including phenoxy) is 4. The number of carbonyl (C=O) groups is 5. The third kappa shape index (κ3) is 12.7. The Balaban J connectivity index is 1.24. The molecule has 464 valence electrons. The van der Waals surface area contributed by atoms with Gasteiger partial charge in [-0.2, -0.15) is 70.6 Å². The number of nitrogens with one attached hydrogen (secondary N) is 2. The minimum atomic E-state index is -6.47. The molecule has 2 saturated heterocycles. The molecule has 2 aliphatic heterocycles. The molecule has 2 N–H and O–H groups in total. The van der Waals surface area contributed by atoms with Gasteiger partial charge in [0.25, 0.3) is 0 Å². The average molecular weight is 1260 g/mol. The molecule has 33 heteroatoms. The van der Waals surface area contributed by atoms with Gasteiger partial charge >= 0.3 is 60.7 Å². The molecule has 0 unspecified atom stereocenters. The van der Waals surface area contributed by atoms with Gasteiger partial charge in [0.05, 0.1) is 11.1 Å². The van der Waals surface area contributed by atoms with Gasteiger partial charge in [0.15, 0.2) is 5.75 Å². The van der Waals surface area contributed by atoms with Crippen LogP contribution in [-0.2, 0) is 37.1 Å². The van der Waals surface area contributed by atoms with Gasteiger partial charge in [0.2, 0.25) is 17.2 Å². The minimum absolute atomic E-state index is 0.0122. The molecule has 0 aliphatic carbocycles. The number of piperazine rings is 2. The first kappa shape index (κ1) is 61.6. The Morgan fingerprint density at radius 2 is 0.955 bits per heavy atom. The predicted molar refractivity (Wildman–Crippen MR) is 277 cm³/mol. The molecule has 0 saturated carbocycles. The van der Waals surface area contributed by atoms with Gasteiger partial charge in [0, 0.05) is 122 Å². The molecule has 0 atom stereocenters. The Bertz CT molecular complexity index is 3990. The minimum Gasteiger partial charge on any atom is -0.415 e. The van der Waals surface area contributed by atoms with E-state index in [1.54, 1.807) is 71.9 Å². The summed E-state index contributed by atoms with van der Waals surface area (Å²) in [6.07, 6.45) is -28.6. The smallest absolute Gasteiger partial charge is 0.415 e. The summed E-state index contributed by atoms with van der Waals surface area (Å²) in [7, 11) is 0. The number of nitrogens with zero attached hydrogens (tertiary/aromatic N) is 6. The summed E-state index contributed by atoms with van der Waals surface area (Å²) in [4.78, 5) is 87.2. The zero-order chi connectivity index (χ0) is 63.4. The molecule has 88 heavy (non-hydrogen) atoms. The highest BCUT2D eigenvalue weighted by Crippen LogP contribution is 2.57. The standard InChI is InChI=1S/C55H39F15N8O10/c56-51(57,58)46(79)84-42-40-39(29-13-11-28(12-14-29)38-31-6-1-2-7-33(31)73-34(38)26-74-20-24-77(25-21-74)37-10-3-4-16-72-37)36(27-75-18-22-76(23-19-75)35-9-5-8-32-30(35)15-17-71-32)78(88-50(83)55(68,69)70)41(40)43(85-47(80)52(59,60)61)45(87-49(82)54(65,66)67)44(42)86-48(81)53(62,63)64/h1-17,71,73H,18-27H2. The Hall–Kier alpha value is -9.53. The number of halogens is 15. The van der Waals surface area contributed by atoms with Crippen molar-refractivity contribution in [2.45, 2.75) is 44.0 Å². The van der Waals surface area contributed by atoms with Crippen LogP contribution in [-0.4, -0.2) is 143 Å². The molecule has 2 aliphatic rings. The third-order valence-electron chi connectivity index (χ3n) is 14.0. The zero-order valence-electron chi connectivity index (χ0n) is 44.3. The SMILES string of the molecule is O=C(Oc1c(OC(=O)C(F)(F)F)c(OC(=O)C(F)(F)F)c2c(c1OC(=O)C(F)(F)F)c(-c1ccc(-c3c(CN4CCN(c5ccccn5)CC4)[nH]c4ccccc34)cc1)c(CN1CCN(c3cccc4[nH]ccc34)CC1)n2OC(=O)C(F)(F)F)C(F)(F)F. The molecule has 0 spiro atoms. The maximum atomic E-state index is 14.6. The highest BCUT2D eigenvalue weighted by Gasteiger charge is 2.52. The molecule has 2 fully saturated rings. The number of hydrogen-bond donors (Lipinski definition) is 2. The normalized spacial score (nSPS) is 15.0. The first-order valence-electron chi connectivity index (χ1n) is 25.7. The third-order valence-corrected chi connectivity index (χ3v) is 14.0. The van der Waals surface area contributed by atoms with Crippen molar-refractivity contribution >= 4 is 74.1 Å². The summed E-state index contributed by atoms with van der Waals surface area (Å²) in [5.74, 6) is -28.2. The Kier molecular flexibility index (Phi) is 16.3. The Morgan fingerprint density at radius 3 is 1.51 bits per heavy atom. The lowest BCUT2D eigenvalue weighted by Gasteiger charge is -2.36. The van der Waals surface area contributed by atoms with Crippen LogP contribution in [0.2, 0.25) is 0 Å². The number of H-pyrrole nitrogens is 2. The number of carbonyl (C=O) groups excluding carboxylic acids is 5. The van der Waals surface area contributed by atoms with Gasteiger partial charge in [-0.05, 0) is 47.5 Å². The summed E-state index contributed by atoms with van der Waals surface area (Å²) in [5, 5.41) is -0.534. The molecule has 0 radical (unpaired) electrons. The van der Waals surface area contributed by atoms with Crippen molar-refractivity contribution in [1.82, 2.24) is 29.5 Å². The topological polar surface area (TPSA) is 194 Å². The van der Waals surface area contributed by atoms with Gasteiger partial charge in [-0.3, -0.25) is 9.80 Å². The molecular formula is C55H39F15N8O10. The van der Waals surface area contributed by atoms with E-state index in [9.17, 15) is 89.8 Å². The van der Waals surface area contributed by atoms with Crippen molar-refractivity contribution in [3.63, 3.8) is 0 Å². The summed E-state index contributed by atoms with van der Waals surface area (Å²) in [6, 6.07) is 23.6. The van der Waals surface area contributed by atoms with E-state index in [-0.39, 0.29) is 38.3 Å². The largest absolute Gasteiger partial charge is 0.493 e. The van der Waals surface area contributed by atoms with E-state index in [1.165, 1.54) is 17.0 Å². The van der Waals surface area contributed by atoms with Crippen molar-refractivity contribution < 1.29 is 114 Å². The number of anilines is 2. The first-order chi connectivity index (χ1) is 41.4. The fourth-order valence-electron chi connectivity index (χ4n) is 10.2. The molecule has 0 amide bonds. The number of aromatic nitrogens is 4. The summed E-state index contributed by atoms with van der Waals surface area (Å²) in [5.41, 5.74) is -1.77. The molecule has 0 bridgehead atoms. The van der Waals surface area contributed by atoms with Gasteiger partial charge < -0.3 is 43.6 Å². The fourth-order valence-corrected chi connectivity index (χ4v) is 10.2. The summed E-state index contributed by atoms with van der Waals surface area (Å²) < 4.78 is 232. The first-order valence-corrected chi connectivity index (χ1v) is 25.7. The lowest BCUT2D eigenvalue weighted by molar-refractivity contribution is -0.199. The molecule has 10 rings (SSSR count). The number of aromatic amines is 2. The highest BCUT2D eigenvalue weighted by atomic mass is 19.4. The number of hydrogen-bond acceptors (Lipinski definition) is 15. The maximum absolute atomic E-state index is 14.6. The molecule has 4 aromatic carbocycles. The second kappa shape index (κ2) is 23.3. The van der Waals surface area contributed by atoms with Crippen LogP contribution in [0.25, 0.3) is 55.0 Å². The van der Waals surface area contributed by atoms with E-state index >= 15 is 0 Å². The molecule has 6 heterocycles. The van der Waals surface area contributed by atoms with Gasteiger partial charge in [-0.15, -0.1) is 0 Å². The van der Waals surface area contributed by atoms with Crippen LogP contribution >= 0.6 is 0 Å². The summed E-state index contributed by atoms with van der Waals surface area (Å²) >= 11 is 0. The molecule has 18 nitrogen and oxygen atoms in total. The quantitative estimate of drug-likeness (QED) is 0.0629. The Labute approximate surface area is 482 Å². The number of esters is 4. The van der Waals surface area contributed by atoms with Crippen LogP contribution < -0.4 is 33.6 Å². The Morgan fingerprint density at radius 1 is 0.466 bits per heavy atom. The van der Waals surface area contributed by atoms with Crippen LogP contribution in [0.15, 0.2) is 103 Å². The van der Waals surface area contributed by atoms with Gasteiger partial charge in [0.1, 0.15) is 11.3 Å². The molecule has 8 aromatic rings. The maximum Gasteiger partial charge on any atom is 0.493 e. The highest BCUT2D eigenvalue weighted by molar-refractivity contribution is 6.11. The van der Waals surface area contributed by atoms with Crippen LogP contribution in [0.3, 0.4) is 0 Å². The number of pyridine rings is 1. The number of fused-ring (bicyclic) bond motifs is 3. The molecule has 4 aromatic heterocycles. The van der Waals surface area contributed by atoms with Crippen molar-refractivity contribution in [2.24, 2.45) is 0 Å². The number of alkyl halides is 15. The zero-order valence-corrected chi connectivity index (χ0v) is 44.3. The van der Waals surface area contributed by atoms with E-state index in [0.717, 1.165) is 18.0 Å². The number of para-hydroxylation sites is 1. The fraction of sp³-hybridized carbons (Fsp3) is 0.273. The van der Waals surface area contributed by atoms with E-state index in [1.807, 2.05) is 12.1 Å². The molecular weight excluding hydrogens is 1220 g/mol. The number of benzene rings is 4. The number of rotatable bonds is 13. The van der Waals surface area contributed by atoms with E-state index in [0.29, 0.717) is 64.9 Å². The predicted octanol–water partition coefficient (Wildman–Crippen LogP) is 10.4. The van der Waals surface area contributed by atoms with Crippen molar-refractivity contribution in [3.05, 3.63) is 115 Å². The second-order valence-electron chi connectivity index (χ2n) is 19.6. The van der Waals surface area contributed by atoms with Crippen molar-refractivity contribution in [1.29, 1.82) is 0 Å².